The summed E-state index contributed by atoms with van der Waals surface area (Å²) in [5.74, 6) is 0.955. The highest BCUT2D eigenvalue weighted by molar-refractivity contribution is 5.78. The summed E-state index contributed by atoms with van der Waals surface area (Å²) in [6.45, 7) is 10.1. The molecule has 0 aliphatic heterocycles. The first kappa shape index (κ1) is 15.7. The van der Waals surface area contributed by atoms with Gasteiger partial charge >= 0.3 is 0 Å². The zero-order chi connectivity index (χ0) is 14.3. The van der Waals surface area contributed by atoms with Crippen molar-refractivity contribution in [3.05, 3.63) is 35.9 Å². The lowest BCUT2D eigenvalue weighted by Gasteiger charge is -2.28. The fourth-order valence-electron chi connectivity index (χ4n) is 2.03. The molecular weight excluding hydrogens is 234 g/mol. The van der Waals surface area contributed by atoms with E-state index in [4.69, 9.17) is 0 Å². The van der Waals surface area contributed by atoms with E-state index >= 15 is 0 Å². The molecule has 2 atom stereocenters. The number of benzene rings is 1. The lowest BCUT2D eigenvalue weighted by molar-refractivity contribution is -0.136. The molecule has 2 nitrogen and oxygen atoms in total. The summed E-state index contributed by atoms with van der Waals surface area (Å²) in [5, 5.41) is 0. The van der Waals surface area contributed by atoms with E-state index in [0.29, 0.717) is 5.92 Å². The van der Waals surface area contributed by atoms with E-state index in [1.165, 1.54) is 5.56 Å². The van der Waals surface area contributed by atoms with Crippen LogP contribution in [-0.4, -0.2) is 17.4 Å². The molecule has 0 N–H and O–H groups in total. The molecule has 0 saturated heterocycles. The smallest absolute Gasteiger partial charge is 0.225 e. The van der Waals surface area contributed by atoms with Crippen LogP contribution in [-0.2, 0) is 11.3 Å². The van der Waals surface area contributed by atoms with Crippen molar-refractivity contribution in [2.75, 3.05) is 6.54 Å². The van der Waals surface area contributed by atoms with Gasteiger partial charge in [-0.3, -0.25) is 4.79 Å². The van der Waals surface area contributed by atoms with Crippen molar-refractivity contribution >= 4 is 5.91 Å². The molecule has 0 aliphatic rings. The van der Waals surface area contributed by atoms with Gasteiger partial charge in [0.05, 0.1) is 0 Å². The highest BCUT2D eigenvalue weighted by atomic mass is 16.2. The lowest BCUT2D eigenvalue weighted by atomic mass is 10.0. The van der Waals surface area contributed by atoms with Crippen LogP contribution in [0.4, 0.5) is 0 Å². The van der Waals surface area contributed by atoms with Crippen molar-refractivity contribution in [3.63, 3.8) is 0 Å². The Labute approximate surface area is 117 Å². The van der Waals surface area contributed by atoms with Crippen LogP contribution < -0.4 is 0 Å². The Hall–Kier alpha value is -1.31. The number of amides is 1. The Bertz CT molecular complexity index is 374. The third kappa shape index (κ3) is 5.06. The van der Waals surface area contributed by atoms with Crippen LogP contribution in [0.25, 0.3) is 0 Å². The summed E-state index contributed by atoms with van der Waals surface area (Å²) in [5.41, 5.74) is 1.21. The number of rotatable bonds is 7. The maximum atomic E-state index is 12.5. The molecule has 2 heteroatoms. The molecule has 0 radical (unpaired) electrons. The van der Waals surface area contributed by atoms with Gasteiger partial charge in [-0.1, -0.05) is 64.4 Å². The Kier molecular flexibility index (Phi) is 6.61. The summed E-state index contributed by atoms with van der Waals surface area (Å²) in [6, 6.07) is 10.3. The molecule has 2 unspecified atom stereocenters. The second-order valence-corrected chi connectivity index (χ2v) is 5.53. The second kappa shape index (κ2) is 7.98. The normalized spacial score (nSPS) is 13.9. The van der Waals surface area contributed by atoms with Crippen molar-refractivity contribution in [2.24, 2.45) is 11.8 Å². The monoisotopic (exact) mass is 261 g/mol. The first-order chi connectivity index (χ1) is 9.08. The van der Waals surface area contributed by atoms with Gasteiger partial charge in [0.15, 0.2) is 0 Å². The number of carbonyl (C=O) groups excluding carboxylic acids is 1. The van der Waals surface area contributed by atoms with Crippen LogP contribution in [0.15, 0.2) is 30.3 Å². The molecule has 0 aliphatic carbocycles. The van der Waals surface area contributed by atoms with E-state index in [2.05, 4.69) is 32.9 Å². The first-order valence-electron chi connectivity index (χ1n) is 7.41. The maximum Gasteiger partial charge on any atom is 0.225 e. The molecule has 0 fully saturated rings. The summed E-state index contributed by atoms with van der Waals surface area (Å²) in [6.07, 6.45) is 2.02. The minimum Gasteiger partial charge on any atom is -0.338 e. The van der Waals surface area contributed by atoms with Gasteiger partial charge in [0.1, 0.15) is 0 Å². The van der Waals surface area contributed by atoms with E-state index < -0.39 is 0 Å². The Morgan fingerprint density at radius 3 is 2.26 bits per heavy atom. The average molecular weight is 261 g/mol. The summed E-state index contributed by atoms with van der Waals surface area (Å²) < 4.78 is 0. The van der Waals surface area contributed by atoms with E-state index in [0.717, 1.165) is 25.9 Å². The van der Waals surface area contributed by atoms with Gasteiger partial charge in [0, 0.05) is 19.0 Å². The van der Waals surface area contributed by atoms with Crippen LogP contribution >= 0.6 is 0 Å². The molecule has 0 bridgehead atoms. The first-order valence-corrected chi connectivity index (χ1v) is 7.41. The number of nitrogens with zero attached hydrogens (tertiary/aromatic N) is 1. The number of hydrogen-bond donors (Lipinski definition) is 0. The summed E-state index contributed by atoms with van der Waals surface area (Å²) in [7, 11) is 0. The van der Waals surface area contributed by atoms with E-state index in [1.54, 1.807) is 0 Å². The highest BCUT2D eigenvalue weighted by Crippen LogP contribution is 2.14. The van der Waals surface area contributed by atoms with Gasteiger partial charge in [-0.2, -0.15) is 0 Å². The molecule has 0 saturated carbocycles. The maximum absolute atomic E-state index is 12.5. The largest absolute Gasteiger partial charge is 0.338 e. The number of carbonyl (C=O) groups is 1. The van der Waals surface area contributed by atoms with Crippen molar-refractivity contribution in [1.82, 2.24) is 4.90 Å². The molecule has 1 aromatic rings. The van der Waals surface area contributed by atoms with Crippen molar-refractivity contribution in [1.29, 1.82) is 0 Å². The Morgan fingerprint density at radius 2 is 1.74 bits per heavy atom. The van der Waals surface area contributed by atoms with Gasteiger partial charge in [-0.15, -0.1) is 0 Å². The van der Waals surface area contributed by atoms with Crippen LogP contribution in [0.3, 0.4) is 0 Å². The van der Waals surface area contributed by atoms with Gasteiger partial charge in [-0.25, -0.2) is 0 Å². The minimum absolute atomic E-state index is 0.118. The van der Waals surface area contributed by atoms with Crippen molar-refractivity contribution < 1.29 is 4.79 Å². The second-order valence-electron chi connectivity index (χ2n) is 5.53. The molecule has 106 valence electrons. The lowest BCUT2D eigenvalue weighted by Crippen LogP contribution is -2.37. The van der Waals surface area contributed by atoms with Crippen LogP contribution in [0.2, 0.25) is 0 Å². The van der Waals surface area contributed by atoms with E-state index in [-0.39, 0.29) is 11.8 Å². The standard InChI is InChI=1S/C17H27NO/c1-5-14(3)12-18(17(19)15(4)6-2)13-16-10-8-7-9-11-16/h7-11,14-15H,5-6,12-13H2,1-4H3. The van der Waals surface area contributed by atoms with Gasteiger partial charge in [0.2, 0.25) is 5.91 Å². The SMILES string of the molecule is CCC(C)CN(Cc1ccccc1)C(=O)C(C)CC. The topological polar surface area (TPSA) is 20.3 Å². The summed E-state index contributed by atoms with van der Waals surface area (Å²) >= 11 is 0. The molecule has 0 spiro atoms. The zero-order valence-corrected chi connectivity index (χ0v) is 12.7. The van der Waals surface area contributed by atoms with Crippen molar-refractivity contribution in [3.8, 4) is 0 Å². The third-order valence-electron chi connectivity index (χ3n) is 3.79. The fraction of sp³-hybridized carbons (Fsp3) is 0.588. The zero-order valence-electron chi connectivity index (χ0n) is 12.7. The van der Waals surface area contributed by atoms with Gasteiger partial charge in [0.25, 0.3) is 0 Å². The molecule has 1 rings (SSSR count). The third-order valence-corrected chi connectivity index (χ3v) is 3.79. The quantitative estimate of drug-likeness (QED) is 0.723. The molecule has 19 heavy (non-hydrogen) atoms. The molecule has 1 aromatic carbocycles. The molecule has 1 amide bonds. The Balaban J connectivity index is 2.77. The van der Waals surface area contributed by atoms with E-state index in [1.807, 2.05) is 30.0 Å². The predicted octanol–water partition coefficient (Wildman–Crippen LogP) is 4.11. The van der Waals surface area contributed by atoms with E-state index in [9.17, 15) is 4.79 Å². The fourth-order valence-corrected chi connectivity index (χ4v) is 2.03. The molecule has 0 heterocycles. The molecular formula is C17H27NO. The predicted molar refractivity (Wildman–Crippen MR) is 80.8 cm³/mol. The van der Waals surface area contributed by atoms with Crippen LogP contribution in [0.5, 0.6) is 0 Å². The Morgan fingerprint density at radius 1 is 1.11 bits per heavy atom. The van der Waals surface area contributed by atoms with Crippen LogP contribution in [0, 0.1) is 11.8 Å². The van der Waals surface area contributed by atoms with Gasteiger partial charge < -0.3 is 4.90 Å². The highest BCUT2D eigenvalue weighted by Gasteiger charge is 2.20. The van der Waals surface area contributed by atoms with Gasteiger partial charge in [-0.05, 0) is 17.9 Å². The average Bonchev–Trinajstić information content (AvgIpc) is 2.45. The minimum atomic E-state index is 0.118. The molecule has 0 aromatic heterocycles. The van der Waals surface area contributed by atoms with Crippen molar-refractivity contribution in [2.45, 2.75) is 47.1 Å². The van der Waals surface area contributed by atoms with Crippen LogP contribution in [0.1, 0.15) is 46.1 Å². The number of hydrogen-bond acceptors (Lipinski definition) is 1. The summed E-state index contributed by atoms with van der Waals surface area (Å²) in [4.78, 5) is 14.5.